The number of rotatable bonds is 5. The summed E-state index contributed by atoms with van der Waals surface area (Å²) in [6.45, 7) is 3.42. The molecule has 0 aromatic heterocycles. The molecule has 0 spiro atoms. The van der Waals surface area contributed by atoms with E-state index in [1.165, 1.54) is 4.31 Å². The Morgan fingerprint density at radius 2 is 1.53 bits per heavy atom. The molecule has 0 bridgehead atoms. The Kier molecular flexibility index (Phi) is 6.58. The number of aryl methyl sites for hydroxylation is 1. The Morgan fingerprint density at radius 3 is 2.28 bits per heavy atom. The fourth-order valence-electron chi connectivity index (χ4n) is 3.70. The van der Waals surface area contributed by atoms with E-state index in [0.717, 1.165) is 5.56 Å². The first-order valence-corrected chi connectivity index (χ1v) is 12.1. The minimum absolute atomic E-state index is 0.127. The Morgan fingerprint density at radius 1 is 0.812 bits per heavy atom. The number of carbonyl (C=O) groups excluding carboxylic acids is 1. The van der Waals surface area contributed by atoms with E-state index in [1.54, 1.807) is 47.4 Å². The quantitative estimate of drug-likeness (QED) is 0.581. The number of ether oxygens (including phenoxy) is 1. The van der Waals surface area contributed by atoms with Crippen LogP contribution in [-0.2, 0) is 10.0 Å². The summed E-state index contributed by atoms with van der Waals surface area (Å²) < 4.78 is 33.4. The molecule has 1 saturated heterocycles. The van der Waals surface area contributed by atoms with Crippen molar-refractivity contribution >= 4 is 15.9 Å². The lowest BCUT2D eigenvalue weighted by Gasteiger charge is -2.22. The zero-order valence-corrected chi connectivity index (χ0v) is 18.8. The lowest BCUT2D eigenvalue weighted by molar-refractivity contribution is 0.0764. The van der Waals surface area contributed by atoms with Gasteiger partial charge in [0.25, 0.3) is 5.91 Å². The van der Waals surface area contributed by atoms with Crippen LogP contribution in [0.15, 0.2) is 83.8 Å². The van der Waals surface area contributed by atoms with Gasteiger partial charge < -0.3 is 9.64 Å². The first kappa shape index (κ1) is 22.0. The molecule has 3 aromatic rings. The standard InChI is InChI=1S/C25H26N2O4S/c1-20-11-13-24(14-12-20)32(29,30)27-16-6-15-26(17-18-27)25(28)21-7-5-10-23(19-21)31-22-8-3-2-4-9-22/h2-5,7-14,19H,6,15-18H2,1H3. The predicted molar refractivity (Wildman–Crippen MR) is 123 cm³/mol. The molecule has 0 radical (unpaired) electrons. The van der Waals surface area contributed by atoms with Crippen LogP contribution in [-0.4, -0.2) is 49.7 Å². The summed E-state index contributed by atoms with van der Waals surface area (Å²) in [6, 6.07) is 23.3. The maximum absolute atomic E-state index is 13.1. The molecule has 4 rings (SSSR count). The van der Waals surface area contributed by atoms with Crippen molar-refractivity contribution in [2.24, 2.45) is 0 Å². The molecular formula is C25H26N2O4S. The molecule has 1 aliphatic rings. The van der Waals surface area contributed by atoms with Gasteiger partial charge in [-0.3, -0.25) is 4.79 Å². The average molecular weight is 451 g/mol. The van der Waals surface area contributed by atoms with E-state index in [9.17, 15) is 13.2 Å². The van der Waals surface area contributed by atoms with Gasteiger partial charge >= 0.3 is 0 Å². The molecule has 3 aromatic carbocycles. The molecule has 0 N–H and O–H groups in total. The van der Waals surface area contributed by atoms with E-state index < -0.39 is 10.0 Å². The fourth-order valence-corrected chi connectivity index (χ4v) is 5.17. The van der Waals surface area contributed by atoms with Crippen LogP contribution in [0, 0.1) is 6.92 Å². The highest BCUT2D eigenvalue weighted by atomic mass is 32.2. The molecule has 6 nitrogen and oxygen atoms in total. The van der Waals surface area contributed by atoms with Crippen molar-refractivity contribution in [3.8, 4) is 11.5 Å². The normalized spacial score (nSPS) is 15.2. The smallest absolute Gasteiger partial charge is 0.254 e. The Balaban J connectivity index is 1.45. The van der Waals surface area contributed by atoms with Gasteiger partial charge in [-0.15, -0.1) is 0 Å². The number of amides is 1. The molecule has 7 heteroatoms. The zero-order valence-electron chi connectivity index (χ0n) is 18.0. The summed E-state index contributed by atoms with van der Waals surface area (Å²) in [7, 11) is -3.58. The SMILES string of the molecule is Cc1ccc(S(=O)(=O)N2CCCN(C(=O)c3cccc(Oc4ccccc4)c3)CC2)cc1. The van der Waals surface area contributed by atoms with Crippen molar-refractivity contribution in [2.45, 2.75) is 18.2 Å². The summed E-state index contributed by atoms with van der Waals surface area (Å²) in [5.41, 5.74) is 1.53. The van der Waals surface area contributed by atoms with E-state index >= 15 is 0 Å². The van der Waals surface area contributed by atoms with Crippen LogP contribution in [0.2, 0.25) is 0 Å². The Bertz CT molecular complexity index is 1180. The maximum atomic E-state index is 13.1. The molecule has 1 aliphatic heterocycles. The molecule has 32 heavy (non-hydrogen) atoms. The van der Waals surface area contributed by atoms with Crippen LogP contribution in [0.4, 0.5) is 0 Å². The van der Waals surface area contributed by atoms with Gasteiger partial charge in [0.2, 0.25) is 10.0 Å². The third-order valence-corrected chi connectivity index (χ3v) is 7.37. The average Bonchev–Trinajstić information content (AvgIpc) is 3.07. The summed E-state index contributed by atoms with van der Waals surface area (Å²) >= 11 is 0. The topological polar surface area (TPSA) is 66.9 Å². The molecule has 0 atom stereocenters. The van der Waals surface area contributed by atoms with Gasteiger partial charge in [0.05, 0.1) is 4.90 Å². The first-order chi connectivity index (χ1) is 15.4. The monoisotopic (exact) mass is 450 g/mol. The Labute approximate surface area is 189 Å². The second kappa shape index (κ2) is 9.54. The van der Waals surface area contributed by atoms with E-state index in [-0.39, 0.29) is 17.3 Å². The second-order valence-electron chi connectivity index (χ2n) is 7.81. The highest BCUT2D eigenvalue weighted by Gasteiger charge is 2.28. The van der Waals surface area contributed by atoms with Crippen molar-refractivity contribution in [2.75, 3.05) is 26.2 Å². The van der Waals surface area contributed by atoms with Gasteiger partial charge in [0.1, 0.15) is 11.5 Å². The summed E-state index contributed by atoms with van der Waals surface area (Å²) in [5.74, 6) is 1.15. The molecular weight excluding hydrogens is 424 g/mol. The van der Waals surface area contributed by atoms with Gasteiger partial charge in [-0.1, -0.05) is 42.0 Å². The zero-order chi connectivity index (χ0) is 22.6. The van der Waals surface area contributed by atoms with E-state index in [1.807, 2.05) is 43.3 Å². The van der Waals surface area contributed by atoms with Gasteiger partial charge in [-0.05, 0) is 55.8 Å². The van der Waals surface area contributed by atoms with Crippen molar-refractivity contribution in [3.05, 3.63) is 90.0 Å². The van der Waals surface area contributed by atoms with Crippen molar-refractivity contribution < 1.29 is 17.9 Å². The van der Waals surface area contributed by atoms with E-state index in [2.05, 4.69) is 0 Å². The number of hydrogen-bond acceptors (Lipinski definition) is 4. The van der Waals surface area contributed by atoms with Crippen molar-refractivity contribution in [1.29, 1.82) is 0 Å². The molecule has 0 unspecified atom stereocenters. The number of nitrogens with zero attached hydrogens (tertiary/aromatic N) is 2. The predicted octanol–water partition coefficient (Wildman–Crippen LogP) is 4.32. The van der Waals surface area contributed by atoms with Gasteiger partial charge in [-0.2, -0.15) is 4.31 Å². The summed E-state index contributed by atoms with van der Waals surface area (Å²) in [4.78, 5) is 15.1. The molecule has 166 valence electrons. The molecule has 1 fully saturated rings. The molecule has 1 heterocycles. The van der Waals surface area contributed by atoms with Crippen molar-refractivity contribution in [1.82, 2.24) is 9.21 Å². The summed E-state index contributed by atoms with van der Waals surface area (Å²) in [6.07, 6.45) is 0.580. The van der Waals surface area contributed by atoms with E-state index in [0.29, 0.717) is 43.1 Å². The highest BCUT2D eigenvalue weighted by Crippen LogP contribution is 2.23. The van der Waals surface area contributed by atoms with Crippen LogP contribution in [0.1, 0.15) is 22.3 Å². The maximum Gasteiger partial charge on any atom is 0.254 e. The lowest BCUT2D eigenvalue weighted by atomic mass is 10.2. The van der Waals surface area contributed by atoms with Gasteiger partial charge in [-0.25, -0.2) is 8.42 Å². The minimum atomic E-state index is -3.58. The third-order valence-electron chi connectivity index (χ3n) is 5.46. The van der Waals surface area contributed by atoms with Crippen LogP contribution < -0.4 is 4.74 Å². The van der Waals surface area contributed by atoms with E-state index in [4.69, 9.17) is 4.74 Å². The van der Waals surface area contributed by atoms with Gasteiger partial charge in [0, 0.05) is 31.7 Å². The molecule has 1 amide bonds. The second-order valence-corrected chi connectivity index (χ2v) is 9.74. The molecule has 0 saturated carbocycles. The fraction of sp³-hybridized carbons (Fsp3) is 0.240. The Hall–Kier alpha value is -3.16. The number of para-hydroxylation sites is 1. The van der Waals surface area contributed by atoms with Crippen molar-refractivity contribution in [3.63, 3.8) is 0 Å². The van der Waals surface area contributed by atoms with Crippen LogP contribution in [0.5, 0.6) is 11.5 Å². The minimum Gasteiger partial charge on any atom is -0.457 e. The van der Waals surface area contributed by atoms with Crippen LogP contribution >= 0.6 is 0 Å². The van der Waals surface area contributed by atoms with Gasteiger partial charge in [0.15, 0.2) is 0 Å². The largest absolute Gasteiger partial charge is 0.457 e. The molecule has 0 aliphatic carbocycles. The first-order valence-electron chi connectivity index (χ1n) is 10.6. The third kappa shape index (κ3) is 5.00. The van der Waals surface area contributed by atoms with Crippen LogP contribution in [0.25, 0.3) is 0 Å². The highest BCUT2D eigenvalue weighted by molar-refractivity contribution is 7.89. The number of sulfonamides is 1. The summed E-state index contributed by atoms with van der Waals surface area (Å²) in [5, 5.41) is 0. The lowest BCUT2D eigenvalue weighted by Crippen LogP contribution is -2.37. The number of benzene rings is 3. The number of carbonyl (C=O) groups is 1. The van der Waals surface area contributed by atoms with Crippen LogP contribution in [0.3, 0.4) is 0 Å². The number of hydrogen-bond donors (Lipinski definition) is 0.